The smallest absolute Gasteiger partial charge is 0.0590 e. The third kappa shape index (κ3) is 2.87. The maximum atomic E-state index is 9.84. The molecule has 0 aromatic carbocycles. The molecule has 0 saturated carbocycles. The Labute approximate surface area is 52.3 Å². The van der Waals surface area contributed by atoms with Gasteiger partial charge in [-0.3, -0.25) is 0 Å². The number of carboxylic acids is 1. The summed E-state index contributed by atoms with van der Waals surface area (Å²) < 4.78 is 0. The molecule has 3 nitrogen and oxygen atoms in total. The van der Waals surface area contributed by atoms with E-state index in [-0.39, 0.29) is 0 Å². The molecule has 4 heteroatoms. The minimum Gasteiger partial charge on any atom is -0.548 e. The molecule has 0 fully saturated rings. The van der Waals surface area contributed by atoms with Gasteiger partial charge >= 0.3 is 0 Å². The van der Waals surface area contributed by atoms with Gasteiger partial charge in [0.05, 0.1) is 12.0 Å². The van der Waals surface area contributed by atoms with Crippen molar-refractivity contribution in [3.8, 4) is 0 Å². The van der Waals surface area contributed by atoms with Gasteiger partial charge in [-0.15, -0.1) is 0 Å². The van der Waals surface area contributed by atoms with Gasteiger partial charge in [0.2, 0.25) is 0 Å². The average molecular weight is 134 g/mol. The Kier molecular flexibility index (Phi) is 3.64. The normalized spacial score (nSPS) is 13.2. The summed E-state index contributed by atoms with van der Waals surface area (Å²) in [7, 11) is 0. The van der Waals surface area contributed by atoms with Gasteiger partial charge in [0.15, 0.2) is 0 Å². The number of rotatable bonds is 3. The molecule has 0 heterocycles. The van der Waals surface area contributed by atoms with E-state index in [1.54, 1.807) is 6.26 Å². The van der Waals surface area contributed by atoms with Crippen molar-refractivity contribution < 1.29 is 9.90 Å². The van der Waals surface area contributed by atoms with Crippen LogP contribution in [0.1, 0.15) is 0 Å². The van der Waals surface area contributed by atoms with E-state index in [0.717, 1.165) is 0 Å². The van der Waals surface area contributed by atoms with Gasteiger partial charge in [0.1, 0.15) is 0 Å². The van der Waals surface area contributed by atoms with Gasteiger partial charge in [0.25, 0.3) is 0 Å². The molecule has 0 rings (SSSR count). The lowest BCUT2D eigenvalue weighted by atomic mass is 10.4. The Morgan fingerprint density at radius 2 is 2.50 bits per heavy atom. The molecule has 0 aliphatic rings. The highest BCUT2D eigenvalue weighted by Crippen LogP contribution is 1.92. The first kappa shape index (κ1) is 7.78. The molecule has 0 aliphatic heterocycles. The van der Waals surface area contributed by atoms with Crippen molar-refractivity contribution in [2.24, 2.45) is 5.73 Å². The van der Waals surface area contributed by atoms with Crippen LogP contribution in [0.25, 0.3) is 0 Å². The molecule has 8 heavy (non-hydrogen) atoms. The van der Waals surface area contributed by atoms with Crippen molar-refractivity contribution >= 4 is 17.7 Å². The monoisotopic (exact) mass is 134 g/mol. The van der Waals surface area contributed by atoms with E-state index in [1.165, 1.54) is 11.8 Å². The fourth-order valence-corrected chi connectivity index (χ4v) is 0.743. The molecule has 0 spiro atoms. The molecule has 0 aromatic rings. The van der Waals surface area contributed by atoms with Crippen LogP contribution in [0.4, 0.5) is 0 Å². The van der Waals surface area contributed by atoms with Gasteiger partial charge in [0, 0.05) is 5.75 Å². The second-order valence-corrected chi connectivity index (χ2v) is 2.29. The van der Waals surface area contributed by atoms with Crippen LogP contribution in [0, 0.1) is 0 Å². The Bertz CT molecular complexity index is 86.1. The maximum Gasteiger partial charge on any atom is 0.0590 e. The van der Waals surface area contributed by atoms with E-state index in [0.29, 0.717) is 5.75 Å². The highest BCUT2D eigenvalue weighted by atomic mass is 32.2. The zero-order chi connectivity index (χ0) is 6.57. The largest absolute Gasteiger partial charge is 0.548 e. The summed E-state index contributed by atoms with van der Waals surface area (Å²) in [6.07, 6.45) is 1.79. The first-order valence-electron chi connectivity index (χ1n) is 2.14. The predicted octanol–water partition coefficient (Wildman–Crippen LogP) is -1.57. The molecule has 48 valence electrons. The molecular weight excluding hydrogens is 126 g/mol. The third-order valence-electron chi connectivity index (χ3n) is 0.649. The Morgan fingerprint density at radius 1 is 2.00 bits per heavy atom. The summed E-state index contributed by atoms with van der Waals surface area (Å²) in [6.45, 7) is 0. The minimum absolute atomic E-state index is 0.419. The van der Waals surface area contributed by atoms with Crippen molar-refractivity contribution in [2.45, 2.75) is 6.04 Å². The average Bonchev–Trinajstić information content (AvgIpc) is 1.67. The highest BCUT2D eigenvalue weighted by Gasteiger charge is 1.98. The van der Waals surface area contributed by atoms with Gasteiger partial charge in [-0.05, 0) is 6.26 Å². The molecule has 0 bridgehead atoms. The van der Waals surface area contributed by atoms with Gasteiger partial charge in [-0.1, -0.05) is 0 Å². The van der Waals surface area contributed by atoms with E-state index in [9.17, 15) is 9.90 Å². The zero-order valence-corrected chi connectivity index (χ0v) is 5.40. The number of aliphatic carboxylic acids is 1. The molecule has 2 N–H and O–H groups in total. The van der Waals surface area contributed by atoms with Gasteiger partial charge in [-0.2, -0.15) is 11.8 Å². The van der Waals surface area contributed by atoms with Crippen LogP contribution in [0.2, 0.25) is 0 Å². The quantitative estimate of drug-likeness (QED) is 0.506. The van der Waals surface area contributed by atoms with E-state index >= 15 is 0 Å². The topological polar surface area (TPSA) is 66.2 Å². The van der Waals surface area contributed by atoms with Crippen LogP contribution in [0.3, 0.4) is 0 Å². The predicted molar refractivity (Wildman–Crippen MR) is 31.4 cm³/mol. The Morgan fingerprint density at radius 3 is 2.62 bits per heavy atom. The van der Waals surface area contributed by atoms with Crippen molar-refractivity contribution in [3.05, 3.63) is 0 Å². The number of carbonyl (C=O) groups excluding carboxylic acids is 1. The van der Waals surface area contributed by atoms with E-state index < -0.39 is 12.0 Å². The Hall–Kier alpha value is -0.220. The van der Waals surface area contributed by atoms with Crippen LogP contribution in [-0.2, 0) is 4.79 Å². The molecule has 1 atom stereocenters. The molecule has 0 radical (unpaired) electrons. The van der Waals surface area contributed by atoms with Crippen molar-refractivity contribution in [3.63, 3.8) is 0 Å². The summed E-state index contributed by atoms with van der Waals surface area (Å²) in [6, 6.07) is -0.815. The number of carboxylic acid groups (broad SMARTS) is 1. The molecule has 0 unspecified atom stereocenters. The van der Waals surface area contributed by atoms with Crippen molar-refractivity contribution in [1.82, 2.24) is 0 Å². The summed E-state index contributed by atoms with van der Waals surface area (Å²) in [4.78, 5) is 9.84. The summed E-state index contributed by atoms with van der Waals surface area (Å²) in [5.41, 5.74) is 5.04. The van der Waals surface area contributed by atoms with Gasteiger partial charge < -0.3 is 15.6 Å². The van der Waals surface area contributed by atoms with Crippen LogP contribution in [0.5, 0.6) is 0 Å². The first-order valence-corrected chi connectivity index (χ1v) is 3.53. The number of hydrogen-bond donors (Lipinski definition) is 1. The number of hydrogen-bond acceptors (Lipinski definition) is 4. The van der Waals surface area contributed by atoms with E-state index in [1.807, 2.05) is 0 Å². The van der Waals surface area contributed by atoms with Gasteiger partial charge in [-0.25, -0.2) is 0 Å². The van der Waals surface area contributed by atoms with Crippen LogP contribution < -0.4 is 10.8 Å². The fourth-order valence-electron chi connectivity index (χ4n) is 0.248. The molecular formula is C4H8NO2S-. The van der Waals surface area contributed by atoms with E-state index in [2.05, 4.69) is 0 Å². The Balaban J connectivity index is 3.32. The highest BCUT2D eigenvalue weighted by molar-refractivity contribution is 7.98. The lowest BCUT2D eigenvalue weighted by Gasteiger charge is -2.08. The third-order valence-corrected chi connectivity index (χ3v) is 1.34. The van der Waals surface area contributed by atoms with Crippen molar-refractivity contribution in [2.75, 3.05) is 12.0 Å². The number of thioether (sulfide) groups is 1. The standard InChI is InChI=1S/C4H9NO2S/c1-8-2-3(5)4(6)7/h3H,2,5H2,1H3,(H,6,7)/p-1/t3-/m1/s1. The molecule has 0 amide bonds. The number of nitrogens with two attached hydrogens (primary N) is 1. The zero-order valence-electron chi connectivity index (χ0n) is 4.59. The maximum absolute atomic E-state index is 9.84. The summed E-state index contributed by atoms with van der Waals surface area (Å²) in [5, 5.41) is 9.84. The fraction of sp³-hybridized carbons (Fsp3) is 0.750. The van der Waals surface area contributed by atoms with Crippen LogP contribution >= 0.6 is 11.8 Å². The lowest BCUT2D eigenvalue weighted by Crippen LogP contribution is -2.43. The second kappa shape index (κ2) is 3.74. The minimum atomic E-state index is -1.18. The van der Waals surface area contributed by atoms with Crippen LogP contribution in [0.15, 0.2) is 0 Å². The molecule has 0 aromatic heterocycles. The SMILES string of the molecule is CSC[C@@H](N)C(=O)[O-]. The first-order chi connectivity index (χ1) is 3.68. The molecule has 0 aliphatic carbocycles. The van der Waals surface area contributed by atoms with E-state index in [4.69, 9.17) is 5.73 Å². The lowest BCUT2D eigenvalue weighted by molar-refractivity contribution is -0.306. The summed E-state index contributed by atoms with van der Waals surface area (Å²) in [5.74, 6) is -0.762. The number of carbonyl (C=O) groups is 1. The van der Waals surface area contributed by atoms with Crippen molar-refractivity contribution in [1.29, 1.82) is 0 Å². The summed E-state index contributed by atoms with van der Waals surface area (Å²) >= 11 is 1.39. The van der Waals surface area contributed by atoms with Crippen LogP contribution in [-0.4, -0.2) is 24.0 Å². The molecule has 0 saturated heterocycles. The second-order valence-electron chi connectivity index (χ2n) is 1.38.